The number of hydrogen-bond donors (Lipinski definition) is 1. The maximum absolute atomic E-state index is 14.1. The summed E-state index contributed by atoms with van der Waals surface area (Å²) in [4.78, 5) is 15.9. The lowest BCUT2D eigenvalue weighted by molar-refractivity contribution is -0.141. The first-order valence-corrected chi connectivity index (χ1v) is 11.3. The zero-order chi connectivity index (χ0) is 22.0. The Morgan fingerprint density at radius 3 is 2.84 bits per heavy atom. The van der Waals surface area contributed by atoms with Crippen LogP contribution in [0.2, 0.25) is 0 Å². The van der Waals surface area contributed by atoms with E-state index >= 15 is 0 Å². The molecule has 32 heavy (non-hydrogen) atoms. The number of H-pyrrole nitrogens is 1. The second-order valence-electron chi connectivity index (χ2n) is 8.85. The second kappa shape index (κ2) is 9.00. The maximum Gasteiger partial charge on any atom is 0.233 e. The quantitative estimate of drug-likeness (QED) is 0.679. The highest BCUT2D eigenvalue weighted by Gasteiger charge is 2.44. The van der Waals surface area contributed by atoms with E-state index in [1.54, 1.807) is 6.07 Å². The summed E-state index contributed by atoms with van der Waals surface area (Å²) in [5, 5.41) is 8.29. The van der Waals surface area contributed by atoms with Gasteiger partial charge in [0.05, 0.1) is 30.3 Å². The Kier molecular flexibility index (Phi) is 5.93. The fraction of sp³-hybridized carbons (Fsp3) is 0.440. The van der Waals surface area contributed by atoms with Crippen molar-refractivity contribution < 1.29 is 18.7 Å². The number of rotatable bonds is 4. The molecule has 3 aromatic rings. The standard InChI is InChI=1S/C25H28FN3O3/c26-21-5-2-4-20(14-21)25(7-10-31-11-8-25)24(30)29-9-12-32-17-18(16-29)13-19-3-1-6-23-22(19)15-27-28-23/h1-6,14-15,18H,7-13,16-17H2,(H,27,28). The van der Waals surface area contributed by atoms with Crippen molar-refractivity contribution in [1.82, 2.24) is 15.1 Å². The van der Waals surface area contributed by atoms with Gasteiger partial charge in [0.25, 0.3) is 0 Å². The van der Waals surface area contributed by atoms with Crippen LogP contribution in [0.4, 0.5) is 4.39 Å². The smallest absolute Gasteiger partial charge is 0.233 e. The molecule has 0 aliphatic carbocycles. The highest BCUT2D eigenvalue weighted by molar-refractivity contribution is 5.88. The topological polar surface area (TPSA) is 67.5 Å². The van der Waals surface area contributed by atoms with E-state index in [-0.39, 0.29) is 17.6 Å². The Morgan fingerprint density at radius 1 is 1.16 bits per heavy atom. The summed E-state index contributed by atoms with van der Waals surface area (Å²) < 4.78 is 25.6. The predicted molar refractivity (Wildman–Crippen MR) is 119 cm³/mol. The lowest BCUT2D eigenvalue weighted by Gasteiger charge is -2.40. The molecule has 1 amide bonds. The molecule has 0 bridgehead atoms. The number of nitrogens with zero attached hydrogens (tertiary/aromatic N) is 2. The van der Waals surface area contributed by atoms with Crippen LogP contribution in [0.25, 0.3) is 10.9 Å². The van der Waals surface area contributed by atoms with E-state index in [0.717, 1.165) is 22.9 Å². The fourth-order valence-electron chi connectivity index (χ4n) is 5.14. The minimum atomic E-state index is -0.750. The monoisotopic (exact) mass is 437 g/mol. The zero-order valence-electron chi connectivity index (χ0n) is 18.1. The number of carbonyl (C=O) groups is 1. The van der Waals surface area contributed by atoms with Gasteiger partial charge in [-0.2, -0.15) is 5.10 Å². The summed E-state index contributed by atoms with van der Waals surface area (Å²) in [6.45, 7) is 3.27. The number of nitrogens with one attached hydrogen (secondary N) is 1. The van der Waals surface area contributed by atoms with Gasteiger partial charge >= 0.3 is 0 Å². The number of hydrogen-bond acceptors (Lipinski definition) is 4. The molecular formula is C25H28FN3O3. The molecule has 2 fully saturated rings. The first-order valence-electron chi connectivity index (χ1n) is 11.3. The number of amides is 1. The summed E-state index contributed by atoms with van der Waals surface area (Å²) in [5.74, 6) is -0.0822. The van der Waals surface area contributed by atoms with Crippen LogP contribution in [0.3, 0.4) is 0 Å². The fourth-order valence-corrected chi connectivity index (χ4v) is 5.14. The van der Waals surface area contributed by atoms with E-state index in [1.807, 2.05) is 29.3 Å². The van der Waals surface area contributed by atoms with E-state index in [0.29, 0.717) is 52.4 Å². The average Bonchev–Trinajstić information content (AvgIpc) is 3.19. The molecule has 2 aliphatic rings. The molecule has 2 aromatic carbocycles. The zero-order valence-corrected chi connectivity index (χ0v) is 18.1. The van der Waals surface area contributed by atoms with Crippen LogP contribution in [0, 0.1) is 11.7 Å². The molecule has 1 N–H and O–H groups in total. The molecule has 2 saturated heterocycles. The SMILES string of the molecule is O=C(N1CCOCC(Cc2cccc3[nH]ncc23)C1)C1(c2cccc(F)c2)CCOCC1. The van der Waals surface area contributed by atoms with E-state index in [1.165, 1.54) is 17.7 Å². The molecular weight excluding hydrogens is 409 g/mol. The van der Waals surface area contributed by atoms with Gasteiger partial charge in [0.2, 0.25) is 5.91 Å². The molecule has 3 heterocycles. The molecule has 1 aromatic heterocycles. The maximum atomic E-state index is 14.1. The van der Waals surface area contributed by atoms with Gasteiger partial charge in [0.15, 0.2) is 0 Å². The lowest BCUT2D eigenvalue weighted by atomic mass is 9.72. The molecule has 0 radical (unpaired) electrons. The number of aromatic amines is 1. The molecule has 0 spiro atoms. The van der Waals surface area contributed by atoms with Gasteiger partial charge < -0.3 is 14.4 Å². The normalized spacial score (nSPS) is 21.4. The molecule has 7 heteroatoms. The van der Waals surface area contributed by atoms with Crippen LogP contribution >= 0.6 is 0 Å². The highest BCUT2D eigenvalue weighted by atomic mass is 19.1. The molecule has 168 valence electrons. The number of carbonyl (C=O) groups excluding carboxylic acids is 1. The molecule has 1 atom stereocenters. The number of ether oxygens (including phenoxy) is 2. The second-order valence-corrected chi connectivity index (χ2v) is 8.85. The van der Waals surface area contributed by atoms with E-state index in [9.17, 15) is 9.18 Å². The Hall–Kier alpha value is -2.77. The van der Waals surface area contributed by atoms with Crippen LogP contribution < -0.4 is 0 Å². The van der Waals surface area contributed by atoms with Gasteiger partial charge in [0.1, 0.15) is 5.82 Å². The number of fused-ring (bicyclic) bond motifs is 1. The molecule has 5 rings (SSSR count). The van der Waals surface area contributed by atoms with Crippen molar-refractivity contribution in [3.05, 3.63) is 65.6 Å². The average molecular weight is 438 g/mol. The van der Waals surface area contributed by atoms with Crippen LogP contribution in [0.5, 0.6) is 0 Å². The van der Waals surface area contributed by atoms with Crippen molar-refractivity contribution in [3.63, 3.8) is 0 Å². The summed E-state index contributed by atoms with van der Waals surface area (Å²) in [7, 11) is 0. The van der Waals surface area contributed by atoms with E-state index < -0.39 is 5.41 Å². The first-order chi connectivity index (χ1) is 15.7. The molecule has 1 unspecified atom stereocenters. The Balaban J connectivity index is 1.40. The van der Waals surface area contributed by atoms with Crippen LogP contribution in [-0.2, 0) is 26.1 Å². The van der Waals surface area contributed by atoms with Crippen LogP contribution in [0.15, 0.2) is 48.7 Å². The lowest BCUT2D eigenvalue weighted by Crippen LogP contribution is -2.51. The van der Waals surface area contributed by atoms with Crippen molar-refractivity contribution in [2.75, 3.05) is 39.5 Å². The van der Waals surface area contributed by atoms with E-state index in [2.05, 4.69) is 16.3 Å². The van der Waals surface area contributed by atoms with Crippen LogP contribution in [-0.4, -0.2) is 60.5 Å². The van der Waals surface area contributed by atoms with Crippen molar-refractivity contribution in [2.24, 2.45) is 5.92 Å². The van der Waals surface area contributed by atoms with Gasteiger partial charge in [-0.15, -0.1) is 0 Å². The van der Waals surface area contributed by atoms with Crippen molar-refractivity contribution in [3.8, 4) is 0 Å². The third-order valence-corrected chi connectivity index (χ3v) is 6.84. The van der Waals surface area contributed by atoms with Gasteiger partial charge in [-0.3, -0.25) is 9.89 Å². The minimum absolute atomic E-state index is 0.0587. The number of aromatic nitrogens is 2. The van der Waals surface area contributed by atoms with Gasteiger partial charge in [-0.1, -0.05) is 24.3 Å². The summed E-state index contributed by atoms with van der Waals surface area (Å²) in [5.41, 5.74) is 2.21. The largest absolute Gasteiger partial charge is 0.381 e. The van der Waals surface area contributed by atoms with Gasteiger partial charge in [-0.25, -0.2) is 4.39 Å². The highest BCUT2D eigenvalue weighted by Crippen LogP contribution is 2.37. The Labute approximate surface area is 186 Å². The van der Waals surface area contributed by atoms with Crippen molar-refractivity contribution in [2.45, 2.75) is 24.7 Å². The Morgan fingerprint density at radius 2 is 2.00 bits per heavy atom. The van der Waals surface area contributed by atoms with Gasteiger partial charge in [-0.05, 0) is 48.6 Å². The molecule has 6 nitrogen and oxygen atoms in total. The van der Waals surface area contributed by atoms with Crippen molar-refractivity contribution >= 4 is 16.8 Å². The summed E-state index contributed by atoms with van der Waals surface area (Å²) >= 11 is 0. The Bertz CT molecular complexity index is 1090. The van der Waals surface area contributed by atoms with Crippen LogP contribution in [0.1, 0.15) is 24.0 Å². The third kappa shape index (κ3) is 4.02. The summed E-state index contributed by atoms with van der Waals surface area (Å²) in [6, 6.07) is 12.6. The molecule has 2 aliphatic heterocycles. The predicted octanol–water partition coefficient (Wildman–Crippen LogP) is 3.47. The first kappa shape index (κ1) is 21.1. The molecule has 0 saturated carbocycles. The van der Waals surface area contributed by atoms with Gasteiger partial charge in [0, 0.05) is 37.6 Å². The summed E-state index contributed by atoms with van der Waals surface area (Å²) in [6.07, 6.45) is 3.78. The number of benzene rings is 2. The minimum Gasteiger partial charge on any atom is -0.381 e. The van der Waals surface area contributed by atoms with Crippen molar-refractivity contribution in [1.29, 1.82) is 0 Å². The van der Waals surface area contributed by atoms with E-state index in [4.69, 9.17) is 9.47 Å². The number of halogens is 1. The third-order valence-electron chi connectivity index (χ3n) is 6.84.